The maximum absolute atomic E-state index is 13.9. The van der Waals surface area contributed by atoms with Gasteiger partial charge in [0.1, 0.15) is 18.2 Å². The Morgan fingerprint density at radius 3 is 2.64 bits per heavy atom. The molecule has 0 saturated heterocycles. The van der Waals surface area contributed by atoms with Crippen LogP contribution < -0.4 is 4.74 Å². The van der Waals surface area contributed by atoms with Crippen LogP contribution in [0.1, 0.15) is 28.3 Å². The number of hydrogen-bond donors (Lipinski definition) is 1. The first-order chi connectivity index (χ1) is 17.2. The standard InChI is InChI=1S/C25H19ClF3NO6/c26-16-4-7-21(34-13-22(31)32)19(11-16)24-18-6-5-17(27)10-14(18)8-9-30(24)36-25(33)35-12-15-2-1-3-20(28)23(15)29/h1-7,10-11,24H,8-9,12-13H2,(H,31,32)/t24-/m0/s1. The highest BCUT2D eigenvalue weighted by atomic mass is 35.5. The maximum atomic E-state index is 13.9. The van der Waals surface area contributed by atoms with Crippen LogP contribution in [0.15, 0.2) is 54.6 Å². The lowest BCUT2D eigenvalue weighted by Gasteiger charge is -2.36. The number of halogens is 4. The molecule has 0 saturated carbocycles. The summed E-state index contributed by atoms with van der Waals surface area (Å²) in [7, 11) is 0. The summed E-state index contributed by atoms with van der Waals surface area (Å²) in [6, 6.07) is 11.2. The van der Waals surface area contributed by atoms with Gasteiger partial charge in [-0.15, -0.1) is 5.06 Å². The van der Waals surface area contributed by atoms with Gasteiger partial charge in [-0.05, 0) is 53.9 Å². The van der Waals surface area contributed by atoms with E-state index in [0.29, 0.717) is 28.1 Å². The molecule has 11 heteroatoms. The maximum Gasteiger partial charge on any atom is 0.528 e. The second kappa shape index (κ2) is 10.9. The van der Waals surface area contributed by atoms with Gasteiger partial charge in [0.25, 0.3) is 0 Å². The average Bonchev–Trinajstić information content (AvgIpc) is 2.84. The van der Waals surface area contributed by atoms with Gasteiger partial charge in [0.15, 0.2) is 18.2 Å². The van der Waals surface area contributed by atoms with E-state index < -0.39 is 48.8 Å². The van der Waals surface area contributed by atoms with Gasteiger partial charge in [0.2, 0.25) is 0 Å². The zero-order valence-electron chi connectivity index (χ0n) is 18.5. The summed E-state index contributed by atoms with van der Waals surface area (Å²) >= 11 is 6.20. The molecule has 1 N–H and O–H groups in total. The number of carboxylic acid groups (broad SMARTS) is 1. The summed E-state index contributed by atoms with van der Waals surface area (Å²) in [5.41, 5.74) is 1.38. The van der Waals surface area contributed by atoms with E-state index in [1.165, 1.54) is 53.6 Å². The van der Waals surface area contributed by atoms with Crippen LogP contribution in [0.2, 0.25) is 5.02 Å². The molecule has 0 fully saturated rings. The Morgan fingerprint density at radius 2 is 1.86 bits per heavy atom. The van der Waals surface area contributed by atoms with Crippen LogP contribution in [-0.2, 0) is 27.4 Å². The van der Waals surface area contributed by atoms with Crippen LogP contribution in [0, 0.1) is 17.5 Å². The smallest absolute Gasteiger partial charge is 0.482 e. The second-order valence-electron chi connectivity index (χ2n) is 7.84. The quantitative estimate of drug-likeness (QED) is 0.415. The lowest BCUT2D eigenvalue weighted by Crippen LogP contribution is -2.38. The van der Waals surface area contributed by atoms with Crippen LogP contribution in [0.5, 0.6) is 5.75 Å². The highest BCUT2D eigenvalue weighted by Gasteiger charge is 2.35. The summed E-state index contributed by atoms with van der Waals surface area (Å²) in [4.78, 5) is 29.0. The summed E-state index contributed by atoms with van der Waals surface area (Å²) in [6.07, 6.45) is -0.884. The first-order valence-electron chi connectivity index (χ1n) is 10.7. The summed E-state index contributed by atoms with van der Waals surface area (Å²) in [5.74, 6) is -3.72. The number of aliphatic carboxylic acids is 1. The fourth-order valence-electron chi connectivity index (χ4n) is 3.92. The van der Waals surface area contributed by atoms with Crippen molar-refractivity contribution in [2.45, 2.75) is 19.1 Å². The number of carboxylic acids is 1. The van der Waals surface area contributed by atoms with Gasteiger partial charge in [-0.25, -0.2) is 22.8 Å². The minimum absolute atomic E-state index is 0.107. The summed E-state index contributed by atoms with van der Waals surface area (Å²) in [6.45, 7) is -1.11. The topological polar surface area (TPSA) is 85.3 Å². The van der Waals surface area contributed by atoms with Crippen molar-refractivity contribution in [3.63, 3.8) is 0 Å². The number of hydrogen-bond acceptors (Lipinski definition) is 6. The molecule has 188 valence electrons. The van der Waals surface area contributed by atoms with Gasteiger partial charge < -0.3 is 19.4 Å². The van der Waals surface area contributed by atoms with Crippen molar-refractivity contribution in [2.24, 2.45) is 0 Å². The monoisotopic (exact) mass is 521 g/mol. The van der Waals surface area contributed by atoms with E-state index in [9.17, 15) is 22.8 Å². The van der Waals surface area contributed by atoms with Crippen LogP contribution in [0.3, 0.4) is 0 Å². The van der Waals surface area contributed by atoms with E-state index in [4.69, 9.17) is 31.0 Å². The van der Waals surface area contributed by atoms with Gasteiger partial charge in [-0.1, -0.05) is 29.8 Å². The molecule has 36 heavy (non-hydrogen) atoms. The molecule has 3 aromatic rings. The lowest BCUT2D eigenvalue weighted by atomic mass is 9.89. The molecule has 0 aliphatic carbocycles. The molecule has 0 radical (unpaired) electrons. The first-order valence-corrected chi connectivity index (χ1v) is 11.1. The Bertz CT molecular complexity index is 1300. The number of hydroxylamine groups is 2. The molecule has 4 rings (SSSR count). The minimum Gasteiger partial charge on any atom is -0.482 e. The van der Waals surface area contributed by atoms with E-state index in [2.05, 4.69) is 0 Å². The molecular weight excluding hydrogens is 503 g/mol. The molecule has 3 aromatic carbocycles. The van der Waals surface area contributed by atoms with E-state index in [-0.39, 0.29) is 17.9 Å². The first kappa shape index (κ1) is 25.3. The molecule has 1 aliphatic heterocycles. The number of fused-ring (bicyclic) bond motifs is 1. The Hall–Kier alpha value is -3.76. The van der Waals surface area contributed by atoms with Gasteiger partial charge in [-0.2, -0.15) is 0 Å². The molecular formula is C25H19ClF3NO6. The van der Waals surface area contributed by atoms with Gasteiger partial charge in [0.05, 0.1) is 6.04 Å². The summed E-state index contributed by atoms with van der Waals surface area (Å²) in [5, 5.41) is 10.6. The molecule has 1 atom stereocenters. The fourth-order valence-corrected chi connectivity index (χ4v) is 4.10. The number of nitrogens with zero attached hydrogens (tertiary/aromatic N) is 1. The van der Waals surface area contributed by atoms with E-state index in [1.54, 1.807) is 0 Å². The van der Waals surface area contributed by atoms with E-state index in [0.717, 1.165) is 6.07 Å². The van der Waals surface area contributed by atoms with E-state index >= 15 is 0 Å². The molecule has 0 amide bonds. The van der Waals surface area contributed by atoms with Crippen LogP contribution >= 0.6 is 11.6 Å². The fraction of sp³-hybridized carbons (Fsp3) is 0.200. The van der Waals surface area contributed by atoms with Crippen LogP contribution in [0.25, 0.3) is 0 Å². The molecule has 0 bridgehead atoms. The normalized spacial score (nSPS) is 15.2. The third-order valence-electron chi connectivity index (χ3n) is 5.48. The van der Waals surface area contributed by atoms with Crippen molar-refractivity contribution in [2.75, 3.05) is 13.2 Å². The number of benzene rings is 3. The van der Waals surface area contributed by atoms with Crippen LogP contribution in [-0.4, -0.2) is 35.4 Å². The van der Waals surface area contributed by atoms with Crippen molar-refractivity contribution in [3.8, 4) is 5.75 Å². The summed E-state index contributed by atoms with van der Waals surface area (Å²) < 4.78 is 51.6. The number of ether oxygens (including phenoxy) is 2. The minimum atomic E-state index is -1.21. The molecule has 0 aromatic heterocycles. The Balaban J connectivity index is 1.63. The SMILES string of the molecule is O=C(O)COc1ccc(Cl)cc1[C@@H]1c2ccc(F)cc2CCN1OC(=O)OCc1cccc(F)c1F. The molecule has 1 heterocycles. The highest BCUT2D eigenvalue weighted by Crippen LogP contribution is 2.41. The number of carbonyl (C=O) groups is 2. The van der Waals surface area contributed by atoms with Gasteiger partial charge in [0, 0.05) is 22.7 Å². The zero-order valence-corrected chi connectivity index (χ0v) is 19.3. The second-order valence-corrected chi connectivity index (χ2v) is 8.28. The number of carbonyl (C=O) groups excluding carboxylic acids is 1. The predicted molar refractivity (Wildman–Crippen MR) is 121 cm³/mol. The van der Waals surface area contributed by atoms with Crippen molar-refractivity contribution in [3.05, 3.63) is 99.3 Å². The van der Waals surface area contributed by atoms with Crippen molar-refractivity contribution in [1.82, 2.24) is 5.06 Å². The molecule has 0 spiro atoms. The third-order valence-corrected chi connectivity index (χ3v) is 5.71. The molecule has 7 nitrogen and oxygen atoms in total. The molecule has 0 unspecified atom stereocenters. The third kappa shape index (κ3) is 5.72. The van der Waals surface area contributed by atoms with Crippen molar-refractivity contribution >= 4 is 23.7 Å². The Kier molecular flexibility index (Phi) is 7.66. The van der Waals surface area contributed by atoms with Gasteiger partial charge in [-0.3, -0.25) is 0 Å². The Labute approximate surface area is 208 Å². The van der Waals surface area contributed by atoms with Crippen LogP contribution in [0.4, 0.5) is 18.0 Å². The largest absolute Gasteiger partial charge is 0.528 e. The van der Waals surface area contributed by atoms with Gasteiger partial charge >= 0.3 is 12.1 Å². The Morgan fingerprint density at radius 1 is 1.06 bits per heavy atom. The lowest BCUT2D eigenvalue weighted by molar-refractivity contribution is -0.152. The zero-order chi connectivity index (χ0) is 25.8. The van der Waals surface area contributed by atoms with Crippen molar-refractivity contribution in [1.29, 1.82) is 0 Å². The van der Waals surface area contributed by atoms with Crippen molar-refractivity contribution < 1.29 is 42.2 Å². The average molecular weight is 522 g/mol. The molecule has 1 aliphatic rings. The highest BCUT2D eigenvalue weighted by molar-refractivity contribution is 6.30. The number of rotatable bonds is 7. The predicted octanol–water partition coefficient (Wildman–Crippen LogP) is 5.44. The van der Waals surface area contributed by atoms with E-state index in [1.807, 2.05) is 0 Å².